The first kappa shape index (κ1) is 22.8. The van der Waals surface area contributed by atoms with Crippen LogP contribution >= 0.6 is 0 Å². The van der Waals surface area contributed by atoms with Gasteiger partial charge in [0.2, 0.25) is 0 Å². The van der Waals surface area contributed by atoms with Gasteiger partial charge in [-0.2, -0.15) is 0 Å². The number of halogens is 2. The van der Waals surface area contributed by atoms with Gasteiger partial charge in [-0.15, -0.1) is 0 Å². The lowest BCUT2D eigenvalue weighted by molar-refractivity contribution is -0.123. The zero-order valence-corrected chi connectivity index (χ0v) is 17.7. The number of nitrogens with one attached hydrogen (secondary N) is 1. The van der Waals surface area contributed by atoms with Gasteiger partial charge in [0, 0.05) is 25.7 Å². The summed E-state index contributed by atoms with van der Waals surface area (Å²) in [7, 11) is 0. The summed E-state index contributed by atoms with van der Waals surface area (Å²) in [6, 6.07) is 9.67. The standard InChI is InChI=1S/C23H26F2N2O4/c1-14-11-27(12-15(2)30-14)13-17-4-6-18(7-5-17)23(29)31-16(3)22(28)26-21-10-19(24)8-9-20(21)25/h4-10,14-16H,11-13H2,1-3H3,(H,26,28). The lowest BCUT2D eigenvalue weighted by Crippen LogP contribution is -2.44. The molecule has 1 amide bonds. The first-order valence-electron chi connectivity index (χ1n) is 10.1. The number of benzene rings is 2. The van der Waals surface area contributed by atoms with Crippen molar-refractivity contribution in [1.29, 1.82) is 0 Å². The molecular formula is C23H26F2N2O4. The first-order valence-corrected chi connectivity index (χ1v) is 10.1. The van der Waals surface area contributed by atoms with Crippen LogP contribution in [0.5, 0.6) is 0 Å². The Morgan fingerprint density at radius 1 is 1.13 bits per heavy atom. The molecule has 1 fully saturated rings. The number of ether oxygens (including phenoxy) is 2. The topological polar surface area (TPSA) is 67.9 Å². The van der Waals surface area contributed by atoms with Gasteiger partial charge < -0.3 is 14.8 Å². The molecule has 2 aromatic carbocycles. The van der Waals surface area contributed by atoms with Crippen molar-refractivity contribution in [2.75, 3.05) is 18.4 Å². The van der Waals surface area contributed by atoms with Gasteiger partial charge in [0.05, 0.1) is 23.5 Å². The van der Waals surface area contributed by atoms with Gasteiger partial charge in [-0.25, -0.2) is 13.6 Å². The second kappa shape index (κ2) is 9.98. The molecule has 3 rings (SSSR count). The second-order valence-electron chi connectivity index (χ2n) is 7.81. The normalized spacial score (nSPS) is 20.2. The summed E-state index contributed by atoms with van der Waals surface area (Å²) in [4.78, 5) is 26.8. The Kier molecular flexibility index (Phi) is 7.35. The van der Waals surface area contributed by atoms with Gasteiger partial charge in [0.15, 0.2) is 6.10 Å². The highest BCUT2D eigenvalue weighted by Crippen LogP contribution is 2.17. The molecule has 0 radical (unpaired) electrons. The summed E-state index contributed by atoms with van der Waals surface area (Å²) in [6.45, 7) is 7.87. The molecule has 1 saturated heterocycles. The van der Waals surface area contributed by atoms with Crippen LogP contribution in [0.4, 0.5) is 14.5 Å². The second-order valence-corrected chi connectivity index (χ2v) is 7.81. The lowest BCUT2D eigenvalue weighted by Gasteiger charge is -2.35. The summed E-state index contributed by atoms with van der Waals surface area (Å²) < 4.78 is 37.8. The third-order valence-corrected chi connectivity index (χ3v) is 4.93. The Hall–Kier alpha value is -2.84. The van der Waals surface area contributed by atoms with Crippen molar-refractivity contribution in [2.24, 2.45) is 0 Å². The molecule has 6 nitrogen and oxygen atoms in total. The van der Waals surface area contributed by atoms with E-state index in [0.29, 0.717) is 5.56 Å². The van der Waals surface area contributed by atoms with Crippen molar-refractivity contribution in [1.82, 2.24) is 4.90 Å². The summed E-state index contributed by atoms with van der Waals surface area (Å²) in [5, 5.41) is 2.22. The Morgan fingerprint density at radius 2 is 1.77 bits per heavy atom. The zero-order valence-electron chi connectivity index (χ0n) is 17.7. The van der Waals surface area contributed by atoms with E-state index >= 15 is 0 Å². The number of carbonyl (C=O) groups excluding carboxylic acids is 2. The van der Waals surface area contributed by atoms with Crippen LogP contribution in [0, 0.1) is 11.6 Å². The van der Waals surface area contributed by atoms with Crippen LogP contribution in [0.25, 0.3) is 0 Å². The minimum atomic E-state index is -1.19. The van der Waals surface area contributed by atoms with Gasteiger partial charge in [-0.05, 0) is 50.6 Å². The molecule has 1 aliphatic rings. The van der Waals surface area contributed by atoms with Crippen molar-refractivity contribution in [3.63, 3.8) is 0 Å². The minimum absolute atomic E-state index is 0.173. The number of carbonyl (C=O) groups is 2. The number of amides is 1. The van der Waals surface area contributed by atoms with Crippen LogP contribution in [-0.2, 0) is 20.8 Å². The molecule has 2 aromatic rings. The van der Waals surface area contributed by atoms with Crippen LogP contribution < -0.4 is 5.32 Å². The van der Waals surface area contributed by atoms with E-state index in [2.05, 4.69) is 10.2 Å². The third-order valence-electron chi connectivity index (χ3n) is 4.93. The molecule has 3 unspecified atom stereocenters. The molecule has 1 heterocycles. The van der Waals surface area contributed by atoms with E-state index in [1.54, 1.807) is 12.1 Å². The van der Waals surface area contributed by atoms with E-state index in [-0.39, 0.29) is 17.9 Å². The smallest absolute Gasteiger partial charge is 0.338 e. The fourth-order valence-corrected chi connectivity index (χ4v) is 3.53. The fraction of sp³-hybridized carbons (Fsp3) is 0.391. The number of esters is 1. The maximum Gasteiger partial charge on any atom is 0.338 e. The number of hydrogen-bond acceptors (Lipinski definition) is 5. The number of hydrogen-bond donors (Lipinski definition) is 1. The van der Waals surface area contributed by atoms with Gasteiger partial charge >= 0.3 is 5.97 Å². The molecule has 3 atom stereocenters. The Bertz CT molecular complexity index is 926. The summed E-state index contributed by atoms with van der Waals surface area (Å²) >= 11 is 0. The van der Waals surface area contributed by atoms with E-state index < -0.39 is 29.6 Å². The SMILES string of the molecule is CC1CN(Cc2ccc(C(=O)OC(C)C(=O)Nc3cc(F)ccc3F)cc2)CC(C)O1. The third kappa shape index (κ3) is 6.32. The molecule has 0 saturated carbocycles. The molecule has 1 N–H and O–H groups in total. The van der Waals surface area contributed by atoms with Crippen LogP contribution in [0.2, 0.25) is 0 Å². The maximum atomic E-state index is 13.7. The number of morpholine rings is 1. The Morgan fingerprint density at radius 3 is 2.42 bits per heavy atom. The first-order chi connectivity index (χ1) is 14.7. The van der Waals surface area contributed by atoms with Crippen molar-refractivity contribution >= 4 is 17.6 Å². The fourth-order valence-electron chi connectivity index (χ4n) is 3.53. The van der Waals surface area contributed by atoms with E-state index in [0.717, 1.165) is 43.4 Å². The van der Waals surface area contributed by atoms with Crippen molar-refractivity contribution in [3.05, 3.63) is 65.2 Å². The number of anilines is 1. The van der Waals surface area contributed by atoms with Crippen LogP contribution in [0.1, 0.15) is 36.7 Å². The van der Waals surface area contributed by atoms with Crippen LogP contribution in [-0.4, -0.2) is 48.2 Å². The van der Waals surface area contributed by atoms with Crippen molar-refractivity contribution < 1.29 is 27.8 Å². The molecule has 31 heavy (non-hydrogen) atoms. The molecular weight excluding hydrogens is 406 g/mol. The van der Waals surface area contributed by atoms with Gasteiger partial charge in [0.1, 0.15) is 11.6 Å². The highest BCUT2D eigenvalue weighted by atomic mass is 19.1. The van der Waals surface area contributed by atoms with E-state index in [9.17, 15) is 18.4 Å². The molecule has 0 bridgehead atoms. The van der Waals surface area contributed by atoms with E-state index in [1.807, 2.05) is 26.0 Å². The molecule has 0 aromatic heterocycles. The number of rotatable bonds is 6. The van der Waals surface area contributed by atoms with Crippen molar-refractivity contribution in [2.45, 2.75) is 45.6 Å². The molecule has 8 heteroatoms. The van der Waals surface area contributed by atoms with Crippen molar-refractivity contribution in [3.8, 4) is 0 Å². The lowest BCUT2D eigenvalue weighted by atomic mass is 10.1. The highest BCUT2D eigenvalue weighted by Gasteiger charge is 2.23. The largest absolute Gasteiger partial charge is 0.449 e. The highest BCUT2D eigenvalue weighted by molar-refractivity contribution is 5.97. The number of nitrogens with zero attached hydrogens (tertiary/aromatic N) is 1. The molecule has 166 valence electrons. The average Bonchev–Trinajstić information content (AvgIpc) is 2.70. The predicted octanol–water partition coefficient (Wildman–Crippen LogP) is 3.76. The van der Waals surface area contributed by atoms with E-state index in [1.165, 1.54) is 6.92 Å². The Balaban J connectivity index is 1.55. The van der Waals surface area contributed by atoms with Gasteiger partial charge in [0.25, 0.3) is 5.91 Å². The van der Waals surface area contributed by atoms with Crippen LogP contribution in [0.3, 0.4) is 0 Å². The zero-order chi connectivity index (χ0) is 22.5. The van der Waals surface area contributed by atoms with E-state index in [4.69, 9.17) is 9.47 Å². The predicted molar refractivity (Wildman–Crippen MR) is 112 cm³/mol. The summed E-state index contributed by atoms with van der Waals surface area (Å²) in [5.74, 6) is -2.91. The monoisotopic (exact) mass is 432 g/mol. The maximum absolute atomic E-state index is 13.7. The molecule has 1 aliphatic heterocycles. The van der Waals surface area contributed by atoms with Gasteiger partial charge in [-0.1, -0.05) is 12.1 Å². The minimum Gasteiger partial charge on any atom is -0.449 e. The van der Waals surface area contributed by atoms with Gasteiger partial charge in [-0.3, -0.25) is 9.69 Å². The Labute approximate surface area is 180 Å². The molecule has 0 aliphatic carbocycles. The summed E-state index contributed by atoms with van der Waals surface area (Å²) in [6.07, 6.45) is -0.843. The van der Waals surface area contributed by atoms with Crippen LogP contribution in [0.15, 0.2) is 42.5 Å². The average molecular weight is 432 g/mol. The quantitative estimate of drug-likeness (QED) is 0.704. The molecule has 0 spiro atoms. The summed E-state index contributed by atoms with van der Waals surface area (Å²) in [5.41, 5.74) is 1.03.